The zero-order valence-corrected chi connectivity index (χ0v) is 7.07. The lowest BCUT2D eigenvalue weighted by atomic mass is 10.1. The van der Waals surface area contributed by atoms with Crippen LogP contribution in [-0.2, 0) is 0 Å². The molecule has 1 atom stereocenters. The second-order valence-electron chi connectivity index (χ2n) is 2.73. The second-order valence-corrected chi connectivity index (χ2v) is 2.73. The maximum absolute atomic E-state index is 8.89. The standard InChI is InChI=1S/C8H13N3O/c1-6-3-10-8(11-4-6)7(2-9)5-12/h3-4,7,12H,2,5,9H2,1H3. The van der Waals surface area contributed by atoms with E-state index in [4.69, 9.17) is 10.8 Å². The van der Waals surface area contributed by atoms with Crippen molar-refractivity contribution in [3.05, 3.63) is 23.8 Å². The van der Waals surface area contributed by atoms with Gasteiger partial charge < -0.3 is 10.8 Å². The van der Waals surface area contributed by atoms with Crippen LogP contribution in [0.15, 0.2) is 12.4 Å². The summed E-state index contributed by atoms with van der Waals surface area (Å²) in [6.07, 6.45) is 3.45. The van der Waals surface area contributed by atoms with E-state index in [1.165, 1.54) is 0 Å². The molecule has 0 aliphatic rings. The van der Waals surface area contributed by atoms with Crippen LogP contribution in [-0.4, -0.2) is 28.2 Å². The average molecular weight is 167 g/mol. The molecule has 4 nitrogen and oxygen atoms in total. The van der Waals surface area contributed by atoms with Crippen molar-refractivity contribution in [1.29, 1.82) is 0 Å². The molecule has 0 aliphatic carbocycles. The summed E-state index contributed by atoms with van der Waals surface area (Å²) in [5.74, 6) is 0.483. The Kier molecular flexibility index (Phi) is 3.13. The van der Waals surface area contributed by atoms with Crippen molar-refractivity contribution in [3.63, 3.8) is 0 Å². The number of nitrogens with two attached hydrogens (primary N) is 1. The Morgan fingerprint density at radius 2 is 2.08 bits per heavy atom. The summed E-state index contributed by atoms with van der Waals surface area (Å²) in [7, 11) is 0. The minimum absolute atomic E-state index is 0.000436. The van der Waals surface area contributed by atoms with Gasteiger partial charge in [0.05, 0.1) is 12.5 Å². The number of nitrogens with zero attached hydrogens (tertiary/aromatic N) is 2. The van der Waals surface area contributed by atoms with Gasteiger partial charge in [0.2, 0.25) is 0 Å². The molecule has 0 spiro atoms. The lowest BCUT2D eigenvalue weighted by molar-refractivity contribution is 0.263. The molecule has 0 aromatic carbocycles. The van der Waals surface area contributed by atoms with Crippen molar-refractivity contribution >= 4 is 0 Å². The lowest BCUT2D eigenvalue weighted by Gasteiger charge is -2.08. The molecule has 4 heteroatoms. The molecule has 66 valence electrons. The van der Waals surface area contributed by atoms with E-state index in [0.29, 0.717) is 12.4 Å². The monoisotopic (exact) mass is 167 g/mol. The Morgan fingerprint density at radius 1 is 1.50 bits per heavy atom. The van der Waals surface area contributed by atoms with Crippen LogP contribution in [0.4, 0.5) is 0 Å². The maximum Gasteiger partial charge on any atom is 0.134 e. The number of aromatic nitrogens is 2. The summed E-state index contributed by atoms with van der Waals surface area (Å²) in [4.78, 5) is 8.14. The van der Waals surface area contributed by atoms with Gasteiger partial charge in [0.25, 0.3) is 0 Å². The molecule has 3 N–H and O–H groups in total. The zero-order chi connectivity index (χ0) is 8.97. The molecule has 1 heterocycles. The zero-order valence-electron chi connectivity index (χ0n) is 7.07. The summed E-state index contributed by atoms with van der Waals surface area (Å²) in [6, 6.07) is 0. The third kappa shape index (κ3) is 1.99. The Bertz CT molecular complexity index is 231. The Hall–Kier alpha value is -1.00. The Morgan fingerprint density at radius 3 is 2.50 bits per heavy atom. The van der Waals surface area contributed by atoms with Gasteiger partial charge in [-0.2, -0.15) is 0 Å². The third-order valence-corrected chi connectivity index (χ3v) is 1.67. The highest BCUT2D eigenvalue weighted by atomic mass is 16.3. The van der Waals surface area contributed by atoms with Crippen molar-refractivity contribution in [2.45, 2.75) is 12.8 Å². The van der Waals surface area contributed by atoms with Crippen LogP contribution in [0, 0.1) is 6.92 Å². The minimum Gasteiger partial charge on any atom is -0.396 e. The van der Waals surface area contributed by atoms with Gasteiger partial charge in [0.1, 0.15) is 5.82 Å². The fourth-order valence-corrected chi connectivity index (χ4v) is 0.875. The third-order valence-electron chi connectivity index (χ3n) is 1.67. The van der Waals surface area contributed by atoms with Crippen LogP contribution >= 0.6 is 0 Å². The van der Waals surface area contributed by atoms with E-state index in [2.05, 4.69) is 9.97 Å². The highest BCUT2D eigenvalue weighted by Crippen LogP contribution is 2.07. The summed E-state index contributed by atoms with van der Waals surface area (Å²) in [5.41, 5.74) is 6.42. The first kappa shape index (κ1) is 9.09. The van der Waals surface area contributed by atoms with Crippen LogP contribution in [0.2, 0.25) is 0 Å². The molecule has 0 aliphatic heterocycles. The second kappa shape index (κ2) is 4.13. The molecule has 0 bridgehead atoms. The first-order valence-corrected chi connectivity index (χ1v) is 3.87. The fourth-order valence-electron chi connectivity index (χ4n) is 0.875. The summed E-state index contributed by atoms with van der Waals surface area (Å²) in [6.45, 7) is 2.29. The normalized spacial score (nSPS) is 12.9. The fraction of sp³-hybridized carbons (Fsp3) is 0.500. The molecule has 0 fully saturated rings. The SMILES string of the molecule is Cc1cnc(C(CN)CO)nc1. The van der Waals surface area contributed by atoms with Crippen LogP contribution in [0.25, 0.3) is 0 Å². The summed E-state index contributed by atoms with van der Waals surface area (Å²) < 4.78 is 0. The number of aryl methyl sites for hydroxylation is 1. The van der Waals surface area contributed by atoms with Gasteiger partial charge in [0.15, 0.2) is 0 Å². The van der Waals surface area contributed by atoms with Crippen molar-refractivity contribution < 1.29 is 5.11 Å². The van der Waals surface area contributed by atoms with Gasteiger partial charge in [-0.15, -0.1) is 0 Å². The number of rotatable bonds is 3. The minimum atomic E-state index is -0.134. The molecule has 0 radical (unpaired) electrons. The van der Waals surface area contributed by atoms with E-state index in [1.807, 2.05) is 6.92 Å². The van der Waals surface area contributed by atoms with E-state index in [1.54, 1.807) is 12.4 Å². The van der Waals surface area contributed by atoms with Crippen LogP contribution in [0.5, 0.6) is 0 Å². The van der Waals surface area contributed by atoms with Crippen molar-refractivity contribution in [1.82, 2.24) is 9.97 Å². The molecule has 1 rings (SSSR count). The number of hydrogen-bond donors (Lipinski definition) is 2. The molecule has 1 aromatic heterocycles. The van der Waals surface area contributed by atoms with E-state index in [0.717, 1.165) is 5.56 Å². The maximum atomic E-state index is 8.89. The van der Waals surface area contributed by atoms with Crippen LogP contribution < -0.4 is 5.73 Å². The number of hydrogen-bond acceptors (Lipinski definition) is 4. The number of aliphatic hydroxyl groups excluding tert-OH is 1. The van der Waals surface area contributed by atoms with Gasteiger partial charge >= 0.3 is 0 Å². The predicted octanol–water partition coefficient (Wildman–Crippen LogP) is -0.180. The van der Waals surface area contributed by atoms with Crippen molar-refractivity contribution in [2.24, 2.45) is 5.73 Å². The number of aliphatic hydroxyl groups is 1. The molecule has 1 unspecified atom stereocenters. The first-order valence-electron chi connectivity index (χ1n) is 3.87. The quantitative estimate of drug-likeness (QED) is 0.655. The van der Waals surface area contributed by atoms with Crippen molar-refractivity contribution in [3.8, 4) is 0 Å². The van der Waals surface area contributed by atoms with Gasteiger partial charge in [-0.05, 0) is 12.5 Å². The van der Waals surface area contributed by atoms with Gasteiger partial charge in [-0.3, -0.25) is 0 Å². The van der Waals surface area contributed by atoms with Crippen molar-refractivity contribution in [2.75, 3.05) is 13.2 Å². The van der Waals surface area contributed by atoms with Gasteiger partial charge in [0, 0.05) is 18.9 Å². The topological polar surface area (TPSA) is 72.0 Å². The largest absolute Gasteiger partial charge is 0.396 e. The highest BCUT2D eigenvalue weighted by Gasteiger charge is 2.10. The lowest BCUT2D eigenvalue weighted by Crippen LogP contribution is -2.18. The van der Waals surface area contributed by atoms with Gasteiger partial charge in [-0.1, -0.05) is 0 Å². The molecular formula is C8H13N3O. The Labute approximate surface area is 71.5 Å². The Balaban J connectivity index is 2.80. The van der Waals surface area contributed by atoms with E-state index in [-0.39, 0.29) is 12.5 Å². The molecule has 1 aromatic rings. The molecular weight excluding hydrogens is 154 g/mol. The highest BCUT2D eigenvalue weighted by molar-refractivity contribution is 5.05. The van der Waals surface area contributed by atoms with Crippen LogP contribution in [0.3, 0.4) is 0 Å². The molecule has 0 saturated heterocycles. The van der Waals surface area contributed by atoms with E-state index in [9.17, 15) is 0 Å². The smallest absolute Gasteiger partial charge is 0.134 e. The molecule has 12 heavy (non-hydrogen) atoms. The summed E-state index contributed by atoms with van der Waals surface area (Å²) in [5, 5.41) is 8.89. The van der Waals surface area contributed by atoms with Crippen LogP contribution in [0.1, 0.15) is 17.3 Å². The van der Waals surface area contributed by atoms with Gasteiger partial charge in [-0.25, -0.2) is 9.97 Å². The van der Waals surface area contributed by atoms with E-state index < -0.39 is 0 Å². The summed E-state index contributed by atoms with van der Waals surface area (Å²) >= 11 is 0. The van der Waals surface area contributed by atoms with E-state index >= 15 is 0 Å². The predicted molar refractivity (Wildman–Crippen MR) is 45.7 cm³/mol. The average Bonchev–Trinajstić information content (AvgIpc) is 2.10. The molecule has 0 amide bonds. The first-order chi connectivity index (χ1) is 5.77. The molecule has 0 saturated carbocycles.